The van der Waals surface area contributed by atoms with Gasteiger partial charge in [-0.25, -0.2) is 4.79 Å². The van der Waals surface area contributed by atoms with Crippen LogP contribution in [0.5, 0.6) is 0 Å². The first-order chi connectivity index (χ1) is 5.87. The normalized spacial score (nSPS) is 11.5. The summed E-state index contributed by atoms with van der Waals surface area (Å²) in [6.07, 6.45) is -0.547. The summed E-state index contributed by atoms with van der Waals surface area (Å²) in [7, 11) is 0. The monoisotopic (exact) mass is 189 g/mol. The molecule has 78 valence electrons. The minimum absolute atomic E-state index is 0.0367. The third kappa shape index (κ3) is 6.40. The highest BCUT2D eigenvalue weighted by molar-refractivity contribution is 5.67. The Hall–Kier alpha value is -0.770. The van der Waals surface area contributed by atoms with Crippen LogP contribution in [0.3, 0.4) is 0 Å². The van der Waals surface area contributed by atoms with Gasteiger partial charge in [-0.3, -0.25) is 0 Å². The fourth-order valence-corrected chi connectivity index (χ4v) is 0.623. The van der Waals surface area contributed by atoms with Crippen LogP contribution < -0.4 is 5.32 Å². The second-order valence-electron chi connectivity index (χ2n) is 4.13. The van der Waals surface area contributed by atoms with Gasteiger partial charge in [0.1, 0.15) is 0 Å². The molecule has 0 aromatic heterocycles. The first-order valence-corrected chi connectivity index (χ1v) is 4.43. The summed E-state index contributed by atoms with van der Waals surface area (Å²) < 4.78 is 4.86. The van der Waals surface area contributed by atoms with Gasteiger partial charge in [-0.05, 0) is 13.8 Å². The number of aliphatic hydroxyl groups is 1. The second-order valence-corrected chi connectivity index (χ2v) is 4.13. The SMILES string of the molecule is CC(C)OC(=O)NCC(C)(C)CO. The zero-order chi connectivity index (χ0) is 10.5. The van der Waals surface area contributed by atoms with Gasteiger partial charge in [-0.15, -0.1) is 0 Å². The van der Waals surface area contributed by atoms with E-state index in [1.54, 1.807) is 13.8 Å². The van der Waals surface area contributed by atoms with E-state index in [2.05, 4.69) is 5.32 Å². The first-order valence-electron chi connectivity index (χ1n) is 4.43. The molecule has 0 spiro atoms. The molecule has 0 aromatic carbocycles. The topological polar surface area (TPSA) is 58.6 Å². The molecule has 0 saturated heterocycles. The standard InChI is InChI=1S/C9H19NO3/c1-7(2)13-8(12)10-5-9(3,4)6-11/h7,11H,5-6H2,1-4H3,(H,10,12). The van der Waals surface area contributed by atoms with Gasteiger partial charge in [0, 0.05) is 18.6 Å². The molecule has 1 amide bonds. The number of ether oxygens (including phenoxy) is 1. The first kappa shape index (κ1) is 12.2. The van der Waals surface area contributed by atoms with Gasteiger partial charge in [0.05, 0.1) is 6.10 Å². The number of hydrogen-bond acceptors (Lipinski definition) is 3. The Morgan fingerprint density at radius 2 is 2.08 bits per heavy atom. The van der Waals surface area contributed by atoms with Crippen molar-refractivity contribution in [1.29, 1.82) is 0 Å². The van der Waals surface area contributed by atoms with Crippen LogP contribution in [0.2, 0.25) is 0 Å². The van der Waals surface area contributed by atoms with E-state index in [4.69, 9.17) is 9.84 Å². The molecule has 0 unspecified atom stereocenters. The van der Waals surface area contributed by atoms with E-state index in [0.29, 0.717) is 6.54 Å². The zero-order valence-electron chi connectivity index (χ0n) is 8.76. The van der Waals surface area contributed by atoms with Crippen molar-refractivity contribution in [3.63, 3.8) is 0 Å². The zero-order valence-corrected chi connectivity index (χ0v) is 8.76. The molecule has 0 fully saturated rings. The summed E-state index contributed by atoms with van der Waals surface area (Å²) in [5.74, 6) is 0. The van der Waals surface area contributed by atoms with Crippen molar-refractivity contribution < 1.29 is 14.6 Å². The fourth-order valence-electron chi connectivity index (χ4n) is 0.623. The van der Waals surface area contributed by atoms with Crippen molar-refractivity contribution in [2.24, 2.45) is 5.41 Å². The predicted molar refractivity (Wildman–Crippen MR) is 50.5 cm³/mol. The molecular formula is C9H19NO3. The third-order valence-electron chi connectivity index (χ3n) is 1.48. The van der Waals surface area contributed by atoms with Gasteiger partial charge in [-0.1, -0.05) is 13.8 Å². The summed E-state index contributed by atoms with van der Waals surface area (Å²) in [6.45, 7) is 7.75. The van der Waals surface area contributed by atoms with E-state index in [1.807, 2.05) is 13.8 Å². The summed E-state index contributed by atoms with van der Waals surface area (Å²) >= 11 is 0. The van der Waals surface area contributed by atoms with E-state index in [1.165, 1.54) is 0 Å². The number of carbonyl (C=O) groups excluding carboxylic acids is 1. The Morgan fingerprint density at radius 1 is 1.54 bits per heavy atom. The Kier molecular flexibility index (Phi) is 4.77. The van der Waals surface area contributed by atoms with Crippen LogP contribution in [0.1, 0.15) is 27.7 Å². The van der Waals surface area contributed by atoms with Gasteiger partial charge < -0.3 is 15.2 Å². The van der Waals surface area contributed by atoms with Crippen molar-refractivity contribution in [3.05, 3.63) is 0 Å². The lowest BCUT2D eigenvalue weighted by Crippen LogP contribution is -2.37. The van der Waals surface area contributed by atoms with Crippen LogP contribution in [-0.2, 0) is 4.74 Å². The van der Waals surface area contributed by atoms with Crippen molar-refractivity contribution in [1.82, 2.24) is 5.32 Å². The van der Waals surface area contributed by atoms with E-state index >= 15 is 0 Å². The highest BCUT2D eigenvalue weighted by atomic mass is 16.6. The van der Waals surface area contributed by atoms with Crippen LogP contribution in [0.15, 0.2) is 0 Å². The lowest BCUT2D eigenvalue weighted by molar-refractivity contribution is 0.105. The van der Waals surface area contributed by atoms with E-state index in [-0.39, 0.29) is 18.1 Å². The highest BCUT2D eigenvalue weighted by Gasteiger charge is 2.17. The molecule has 0 radical (unpaired) electrons. The molecule has 0 heterocycles. The molecule has 0 aliphatic carbocycles. The van der Waals surface area contributed by atoms with Gasteiger partial charge in [0.25, 0.3) is 0 Å². The van der Waals surface area contributed by atoms with Crippen molar-refractivity contribution in [2.75, 3.05) is 13.2 Å². The number of aliphatic hydroxyl groups excluding tert-OH is 1. The summed E-state index contributed by atoms with van der Waals surface area (Å²) in [4.78, 5) is 11.0. The maximum absolute atomic E-state index is 11.0. The largest absolute Gasteiger partial charge is 0.447 e. The average molecular weight is 189 g/mol. The van der Waals surface area contributed by atoms with Gasteiger partial charge in [-0.2, -0.15) is 0 Å². The number of amides is 1. The molecule has 4 heteroatoms. The average Bonchev–Trinajstić information content (AvgIpc) is 2.00. The van der Waals surface area contributed by atoms with Gasteiger partial charge >= 0.3 is 6.09 Å². The minimum atomic E-state index is -0.434. The van der Waals surface area contributed by atoms with E-state index < -0.39 is 6.09 Å². The number of hydrogen-bond donors (Lipinski definition) is 2. The Bertz CT molecular complexity index is 166. The molecular weight excluding hydrogens is 170 g/mol. The second kappa shape index (κ2) is 5.07. The van der Waals surface area contributed by atoms with Crippen molar-refractivity contribution >= 4 is 6.09 Å². The molecule has 13 heavy (non-hydrogen) atoms. The lowest BCUT2D eigenvalue weighted by atomic mass is 9.95. The summed E-state index contributed by atoms with van der Waals surface area (Å²) in [6, 6.07) is 0. The maximum atomic E-state index is 11.0. The lowest BCUT2D eigenvalue weighted by Gasteiger charge is -2.21. The molecule has 4 nitrogen and oxygen atoms in total. The van der Waals surface area contributed by atoms with E-state index in [0.717, 1.165) is 0 Å². The quantitative estimate of drug-likeness (QED) is 0.697. The van der Waals surface area contributed by atoms with Crippen LogP contribution in [-0.4, -0.2) is 30.5 Å². The minimum Gasteiger partial charge on any atom is -0.447 e. The molecule has 0 aliphatic rings. The number of rotatable bonds is 4. The smallest absolute Gasteiger partial charge is 0.407 e. The van der Waals surface area contributed by atoms with Crippen LogP contribution in [0.4, 0.5) is 4.79 Å². The maximum Gasteiger partial charge on any atom is 0.407 e. The third-order valence-corrected chi connectivity index (χ3v) is 1.48. The molecule has 0 atom stereocenters. The number of alkyl carbamates (subject to hydrolysis) is 1. The van der Waals surface area contributed by atoms with E-state index in [9.17, 15) is 4.79 Å². The molecule has 2 N–H and O–H groups in total. The molecule has 0 bridgehead atoms. The summed E-state index contributed by atoms with van der Waals surface area (Å²) in [5, 5.41) is 11.5. The molecule has 0 aromatic rings. The van der Waals surface area contributed by atoms with Crippen molar-refractivity contribution in [3.8, 4) is 0 Å². The Balaban J connectivity index is 3.70. The summed E-state index contributed by atoms with van der Waals surface area (Å²) in [5.41, 5.74) is -0.296. The number of carbonyl (C=O) groups is 1. The molecule has 0 rings (SSSR count). The molecule has 0 aliphatic heterocycles. The Morgan fingerprint density at radius 3 is 2.46 bits per heavy atom. The van der Waals surface area contributed by atoms with Crippen LogP contribution >= 0.6 is 0 Å². The number of nitrogens with one attached hydrogen (secondary N) is 1. The fraction of sp³-hybridized carbons (Fsp3) is 0.889. The van der Waals surface area contributed by atoms with Crippen LogP contribution in [0.25, 0.3) is 0 Å². The van der Waals surface area contributed by atoms with Gasteiger partial charge in [0.15, 0.2) is 0 Å². The predicted octanol–water partition coefficient (Wildman–Crippen LogP) is 1.14. The van der Waals surface area contributed by atoms with Crippen LogP contribution in [0, 0.1) is 5.41 Å². The molecule has 0 saturated carbocycles. The van der Waals surface area contributed by atoms with Crippen molar-refractivity contribution in [2.45, 2.75) is 33.8 Å². The highest BCUT2D eigenvalue weighted by Crippen LogP contribution is 2.11. The van der Waals surface area contributed by atoms with Gasteiger partial charge in [0.2, 0.25) is 0 Å². The Labute approximate surface area is 79.3 Å².